The lowest BCUT2D eigenvalue weighted by Crippen LogP contribution is -2.38. The molecule has 2 nitrogen and oxygen atoms in total. The fourth-order valence-corrected chi connectivity index (χ4v) is 3.18. The first kappa shape index (κ1) is 14.7. The number of nitrogens with one attached hydrogen (secondary N) is 1. The molecule has 2 aromatic carbocycles. The van der Waals surface area contributed by atoms with Crippen molar-refractivity contribution >= 4 is 28.9 Å². The number of rotatable bonds is 2. The lowest BCUT2D eigenvalue weighted by atomic mass is 10.1. The van der Waals surface area contributed by atoms with Crippen LogP contribution < -0.4 is 10.2 Å². The van der Waals surface area contributed by atoms with Gasteiger partial charge in [0, 0.05) is 41.9 Å². The molecular weight excluding hydrogens is 303 g/mol. The normalized spacial score (nSPS) is 18.2. The van der Waals surface area contributed by atoms with Gasteiger partial charge in [0.1, 0.15) is 0 Å². The summed E-state index contributed by atoms with van der Waals surface area (Å²) in [6, 6.07) is 14.6. The monoisotopic (exact) mass is 320 g/mol. The number of likely N-dealkylation sites (N-methyl/N-ethyl adjacent to an activating group) is 1. The molecule has 1 aliphatic heterocycles. The Bertz CT molecular complexity index is 625. The van der Waals surface area contributed by atoms with Gasteiger partial charge in [0.25, 0.3) is 0 Å². The summed E-state index contributed by atoms with van der Waals surface area (Å²) in [7, 11) is 2.13. The van der Waals surface area contributed by atoms with Crippen LogP contribution in [0.2, 0.25) is 10.0 Å². The predicted octanol–water partition coefficient (Wildman–Crippen LogP) is 4.14. The highest BCUT2D eigenvalue weighted by atomic mass is 35.5. The van der Waals surface area contributed by atoms with Gasteiger partial charge in [-0.25, -0.2) is 0 Å². The largest absolute Gasteiger partial charge is 0.373 e. The zero-order chi connectivity index (χ0) is 14.8. The molecule has 3 rings (SSSR count). The van der Waals surface area contributed by atoms with Crippen molar-refractivity contribution in [3.63, 3.8) is 0 Å². The molecule has 0 aliphatic carbocycles. The number of hydrogen-bond acceptors (Lipinski definition) is 2. The van der Waals surface area contributed by atoms with Gasteiger partial charge in [0.2, 0.25) is 0 Å². The van der Waals surface area contributed by atoms with E-state index in [0.717, 1.165) is 29.6 Å². The van der Waals surface area contributed by atoms with Gasteiger partial charge < -0.3 is 10.2 Å². The van der Waals surface area contributed by atoms with E-state index in [1.807, 2.05) is 24.3 Å². The summed E-state index contributed by atoms with van der Waals surface area (Å²) >= 11 is 12.0. The number of hydrogen-bond donors (Lipinski definition) is 1. The molecule has 0 spiro atoms. The third kappa shape index (κ3) is 3.52. The van der Waals surface area contributed by atoms with Crippen LogP contribution in [0.4, 0.5) is 5.69 Å². The van der Waals surface area contributed by atoms with Gasteiger partial charge in [0.15, 0.2) is 0 Å². The van der Waals surface area contributed by atoms with E-state index in [4.69, 9.17) is 23.2 Å². The number of nitrogens with zero attached hydrogens (tertiary/aromatic N) is 1. The molecule has 0 bridgehead atoms. The molecule has 2 aromatic rings. The molecular formula is C17H18Cl2N2. The van der Waals surface area contributed by atoms with Gasteiger partial charge in [-0.3, -0.25) is 0 Å². The van der Waals surface area contributed by atoms with Gasteiger partial charge in [-0.1, -0.05) is 35.3 Å². The average molecular weight is 321 g/mol. The Morgan fingerprint density at radius 3 is 2.57 bits per heavy atom. The molecule has 0 radical (unpaired) electrons. The molecule has 0 saturated carbocycles. The zero-order valence-corrected chi connectivity index (χ0v) is 13.5. The highest BCUT2D eigenvalue weighted by Gasteiger charge is 2.19. The van der Waals surface area contributed by atoms with E-state index in [1.165, 1.54) is 16.8 Å². The van der Waals surface area contributed by atoms with Crippen molar-refractivity contribution in [2.24, 2.45) is 0 Å². The Morgan fingerprint density at radius 2 is 1.81 bits per heavy atom. The van der Waals surface area contributed by atoms with E-state index in [-0.39, 0.29) is 0 Å². The van der Waals surface area contributed by atoms with Crippen molar-refractivity contribution in [3.05, 3.63) is 63.6 Å². The number of halogens is 2. The maximum atomic E-state index is 6.10. The van der Waals surface area contributed by atoms with Crippen LogP contribution in [0.5, 0.6) is 0 Å². The Morgan fingerprint density at radius 1 is 1.10 bits per heavy atom. The summed E-state index contributed by atoms with van der Waals surface area (Å²) in [6.45, 7) is 1.82. The van der Waals surface area contributed by atoms with Crippen LogP contribution in [0.15, 0.2) is 42.5 Å². The molecule has 0 fully saturated rings. The smallest absolute Gasteiger partial charge is 0.0410 e. The second-order valence-corrected chi connectivity index (χ2v) is 6.43. The van der Waals surface area contributed by atoms with Crippen LogP contribution in [-0.2, 0) is 13.0 Å². The molecule has 1 heterocycles. The third-order valence-corrected chi connectivity index (χ3v) is 4.41. The standard InChI is InChI=1S/C17H18Cl2N2/c1-21-11-16(8-12-2-4-14(18)5-3-12)20-10-13-9-15(19)6-7-17(13)21/h2-7,9,16,20H,8,10-11H2,1H3/t16-/m0/s1. The topological polar surface area (TPSA) is 15.3 Å². The molecule has 21 heavy (non-hydrogen) atoms. The number of anilines is 1. The third-order valence-electron chi connectivity index (χ3n) is 3.92. The Kier molecular flexibility index (Phi) is 4.39. The highest BCUT2D eigenvalue weighted by molar-refractivity contribution is 6.30. The van der Waals surface area contributed by atoms with Gasteiger partial charge >= 0.3 is 0 Å². The van der Waals surface area contributed by atoms with Crippen LogP contribution in [0.1, 0.15) is 11.1 Å². The molecule has 4 heteroatoms. The van der Waals surface area contributed by atoms with Crippen LogP contribution in [-0.4, -0.2) is 19.6 Å². The van der Waals surface area contributed by atoms with Gasteiger partial charge in [-0.05, 0) is 47.9 Å². The maximum absolute atomic E-state index is 6.10. The van der Waals surface area contributed by atoms with Crippen LogP contribution >= 0.6 is 23.2 Å². The molecule has 0 saturated heterocycles. The molecule has 110 valence electrons. The summed E-state index contributed by atoms with van der Waals surface area (Å²) in [4.78, 5) is 2.30. The molecule has 0 amide bonds. The second kappa shape index (κ2) is 6.27. The fourth-order valence-electron chi connectivity index (χ4n) is 2.86. The molecule has 1 aliphatic rings. The van der Waals surface area contributed by atoms with E-state index in [2.05, 4.69) is 35.5 Å². The van der Waals surface area contributed by atoms with Crippen molar-refractivity contribution in [3.8, 4) is 0 Å². The Labute approximate surface area is 135 Å². The summed E-state index contributed by atoms with van der Waals surface area (Å²) in [6.07, 6.45) is 0.989. The van der Waals surface area contributed by atoms with E-state index < -0.39 is 0 Å². The van der Waals surface area contributed by atoms with Crippen molar-refractivity contribution in [1.29, 1.82) is 0 Å². The van der Waals surface area contributed by atoms with E-state index in [0.29, 0.717) is 6.04 Å². The van der Waals surface area contributed by atoms with Crippen LogP contribution in [0.25, 0.3) is 0 Å². The van der Waals surface area contributed by atoms with Gasteiger partial charge in [0.05, 0.1) is 0 Å². The summed E-state index contributed by atoms with van der Waals surface area (Å²) in [5.74, 6) is 0. The molecule has 1 N–H and O–H groups in total. The molecule has 0 unspecified atom stereocenters. The van der Waals surface area contributed by atoms with Crippen LogP contribution in [0, 0.1) is 0 Å². The summed E-state index contributed by atoms with van der Waals surface area (Å²) in [5.41, 5.74) is 3.81. The van der Waals surface area contributed by atoms with Gasteiger partial charge in [-0.2, -0.15) is 0 Å². The molecule has 0 aromatic heterocycles. The first-order valence-electron chi connectivity index (χ1n) is 7.09. The van der Waals surface area contributed by atoms with E-state index >= 15 is 0 Å². The van der Waals surface area contributed by atoms with Crippen molar-refractivity contribution in [2.75, 3.05) is 18.5 Å². The average Bonchev–Trinajstić information content (AvgIpc) is 2.61. The fraction of sp³-hybridized carbons (Fsp3) is 0.294. The van der Waals surface area contributed by atoms with Crippen LogP contribution in [0.3, 0.4) is 0 Å². The SMILES string of the molecule is CN1C[C@H](Cc2ccc(Cl)cc2)NCc2cc(Cl)ccc21. The number of benzene rings is 2. The quantitative estimate of drug-likeness (QED) is 0.894. The van der Waals surface area contributed by atoms with Crippen molar-refractivity contribution in [1.82, 2.24) is 5.32 Å². The lowest BCUT2D eigenvalue weighted by Gasteiger charge is -2.23. The minimum absolute atomic E-state index is 0.405. The van der Waals surface area contributed by atoms with E-state index in [9.17, 15) is 0 Å². The van der Waals surface area contributed by atoms with Crippen molar-refractivity contribution in [2.45, 2.75) is 19.0 Å². The predicted molar refractivity (Wildman–Crippen MR) is 90.5 cm³/mol. The zero-order valence-electron chi connectivity index (χ0n) is 11.9. The summed E-state index contributed by atoms with van der Waals surface area (Å²) in [5, 5.41) is 5.20. The van der Waals surface area contributed by atoms with Gasteiger partial charge in [-0.15, -0.1) is 0 Å². The second-order valence-electron chi connectivity index (χ2n) is 5.56. The lowest BCUT2D eigenvalue weighted by molar-refractivity contribution is 0.521. The Hall–Kier alpha value is -1.22. The maximum Gasteiger partial charge on any atom is 0.0410 e. The molecule has 1 atom stereocenters. The number of fused-ring (bicyclic) bond motifs is 1. The summed E-state index contributed by atoms with van der Waals surface area (Å²) < 4.78 is 0. The van der Waals surface area contributed by atoms with E-state index in [1.54, 1.807) is 0 Å². The first-order chi connectivity index (χ1) is 10.1. The minimum Gasteiger partial charge on any atom is -0.373 e. The highest BCUT2D eigenvalue weighted by Crippen LogP contribution is 2.26. The minimum atomic E-state index is 0.405. The Balaban J connectivity index is 1.75. The van der Waals surface area contributed by atoms with Crippen molar-refractivity contribution < 1.29 is 0 Å². The first-order valence-corrected chi connectivity index (χ1v) is 7.85.